The topological polar surface area (TPSA) is 252 Å². The standard InChI is InChI=1S/C26H45N7O12/c1-28(2-3-33(18-25(42)43)19-26(44)45)13-20(34)12-27-21(35)14-29-4-6-30(15-22(36)37)8-10-32(17-24(40)41)11-9-31(7-5-29)16-23(38)39/h2-19H2,1H3,(H,27,35)(H,36,37)(H,38,39)(H,40,41)(H,42,43)(H,44,45). The summed E-state index contributed by atoms with van der Waals surface area (Å²) >= 11 is 0. The normalized spacial score (nSPS) is 16.5. The third kappa shape index (κ3) is 20.0. The highest BCUT2D eigenvalue weighted by Crippen LogP contribution is 2.02. The molecular formula is C26H45N7O12. The van der Waals surface area contributed by atoms with E-state index in [9.17, 15) is 48.9 Å². The fraction of sp³-hybridized carbons (Fsp3) is 0.731. The van der Waals surface area contributed by atoms with E-state index in [-0.39, 0.29) is 110 Å². The van der Waals surface area contributed by atoms with Gasteiger partial charge in [-0.05, 0) is 7.05 Å². The molecule has 0 bridgehead atoms. The Kier molecular flexibility index (Phi) is 18.4. The van der Waals surface area contributed by atoms with Gasteiger partial charge >= 0.3 is 29.8 Å². The van der Waals surface area contributed by atoms with Crippen molar-refractivity contribution in [1.29, 1.82) is 0 Å². The maximum absolute atomic E-state index is 12.7. The summed E-state index contributed by atoms with van der Waals surface area (Å²) in [5.74, 6) is -6.36. The van der Waals surface area contributed by atoms with Crippen LogP contribution in [0.5, 0.6) is 0 Å². The lowest BCUT2D eigenvalue weighted by Gasteiger charge is -2.32. The van der Waals surface area contributed by atoms with Crippen molar-refractivity contribution >= 4 is 41.5 Å². The van der Waals surface area contributed by atoms with Gasteiger partial charge in [0, 0.05) is 65.4 Å². The van der Waals surface area contributed by atoms with E-state index < -0.39 is 48.8 Å². The molecule has 1 fully saturated rings. The molecular weight excluding hydrogens is 602 g/mol. The highest BCUT2D eigenvalue weighted by atomic mass is 16.4. The van der Waals surface area contributed by atoms with Crippen LogP contribution in [0.4, 0.5) is 0 Å². The molecule has 1 saturated heterocycles. The largest absolute Gasteiger partial charge is 0.480 e. The Hall–Kier alpha value is -3.75. The highest BCUT2D eigenvalue weighted by Gasteiger charge is 2.21. The third-order valence-electron chi connectivity index (χ3n) is 6.82. The van der Waals surface area contributed by atoms with Gasteiger partial charge in [0.2, 0.25) is 5.91 Å². The number of hydrogen-bond acceptors (Lipinski definition) is 13. The predicted molar refractivity (Wildman–Crippen MR) is 156 cm³/mol. The zero-order valence-electron chi connectivity index (χ0n) is 25.5. The Bertz CT molecular complexity index is 982. The minimum absolute atomic E-state index is 0.0782. The van der Waals surface area contributed by atoms with Gasteiger partial charge in [-0.15, -0.1) is 0 Å². The Balaban J connectivity index is 2.76. The first-order chi connectivity index (χ1) is 21.1. The molecule has 1 aliphatic heterocycles. The van der Waals surface area contributed by atoms with Crippen molar-refractivity contribution in [3.8, 4) is 0 Å². The molecule has 19 heteroatoms. The van der Waals surface area contributed by atoms with Gasteiger partial charge in [-0.3, -0.25) is 63.0 Å². The summed E-state index contributed by atoms with van der Waals surface area (Å²) in [7, 11) is 1.60. The fourth-order valence-corrected chi connectivity index (χ4v) is 4.59. The molecule has 0 aliphatic carbocycles. The first kappa shape index (κ1) is 39.3. The SMILES string of the molecule is CN(CCN(CC(=O)O)CC(=O)O)CC(=O)CNC(=O)CN1CCN(CC(=O)O)CCN(CC(=O)O)CCN(CC(=O)O)CC1. The van der Waals surface area contributed by atoms with Crippen molar-refractivity contribution in [1.82, 2.24) is 34.7 Å². The maximum Gasteiger partial charge on any atom is 0.317 e. The van der Waals surface area contributed by atoms with Crippen molar-refractivity contribution in [3.05, 3.63) is 0 Å². The molecule has 45 heavy (non-hydrogen) atoms. The van der Waals surface area contributed by atoms with Crippen molar-refractivity contribution in [3.63, 3.8) is 0 Å². The second-order valence-electron chi connectivity index (χ2n) is 10.8. The number of carbonyl (C=O) groups is 7. The van der Waals surface area contributed by atoms with Crippen LogP contribution in [0.25, 0.3) is 0 Å². The van der Waals surface area contributed by atoms with Gasteiger partial charge in [-0.25, -0.2) is 0 Å². The molecule has 6 N–H and O–H groups in total. The van der Waals surface area contributed by atoms with Crippen LogP contribution < -0.4 is 5.32 Å². The van der Waals surface area contributed by atoms with Crippen molar-refractivity contribution in [2.45, 2.75) is 0 Å². The molecule has 256 valence electrons. The Morgan fingerprint density at radius 3 is 1.22 bits per heavy atom. The van der Waals surface area contributed by atoms with E-state index in [1.54, 1.807) is 31.5 Å². The van der Waals surface area contributed by atoms with Crippen LogP contribution in [0.15, 0.2) is 0 Å². The number of hydrogen-bond donors (Lipinski definition) is 6. The van der Waals surface area contributed by atoms with Gasteiger partial charge in [0.25, 0.3) is 0 Å². The van der Waals surface area contributed by atoms with Crippen LogP contribution in [0.3, 0.4) is 0 Å². The van der Waals surface area contributed by atoms with E-state index in [1.165, 1.54) is 4.90 Å². The molecule has 0 aromatic carbocycles. The molecule has 0 saturated carbocycles. The van der Waals surface area contributed by atoms with Crippen molar-refractivity contribution in [2.24, 2.45) is 0 Å². The number of carboxylic acids is 5. The van der Waals surface area contributed by atoms with Gasteiger partial charge in [0.1, 0.15) is 0 Å². The van der Waals surface area contributed by atoms with Crippen LogP contribution in [-0.4, -0.2) is 221 Å². The lowest BCUT2D eigenvalue weighted by Crippen LogP contribution is -2.50. The maximum atomic E-state index is 12.7. The van der Waals surface area contributed by atoms with Crippen molar-refractivity contribution < 1.29 is 59.1 Å². The van der Waals surface area contributed by atoms with E-state index in [2.05, 4.69) is 5.32 Å². The molecule has 1 heterocycles. The van der Waals surface area contributed by atoms with E-state index in [0.717, 1.165) is 0 Å². The Morgan fingerprint density at radius 2 is 0.889 bits per heavy atom. The highest BCUT2D eigenvalue weighted by molar-refractivity contribution is 5.87. The molecule has 1 rings (SSSR count). The molecule has 0 aromatic heterocycles. The summed E-state index contributed by atoms with van der Waals surface area (Å²) in [6.45, 7) is -0.0542. The lowest BCUT2D eigenvalue weighted by molar-refractivity contribution is -0.142. The summed E-state index contributed by atoms with van der Waals surface area (Å²) in [5.41, 5.74) is 0. The molecule has 1 amide bonds. The Morgan fingerprint density at radius 1 is 0.533 bits per heavy atom. The number of nitrogens with zero attached hydrogens (tertiary/aromatic N) is 6. The van der Waals surface area contributed by atoms with Gasteiger partial charge in [0.15, 0.2) is 5.78 Å². The van der Waals surface area contributed by atoms with Crippen molar-refractivity contribution in [2.75, 3.05) is 125 Å². The number of nitrogens with one attached hydrogen (secondary N) is 1. The first-order valence-electron chi connectivity index (χ1n) is 14.3. The van der Waals surface area contributed by atoms with Gasteiger partial charge in [0.05, 0.1) is 52.4 Å². The van der Waals surface area contributed by atoms with Crippen LogP contribution in [0.1, 0.15) is 0 Å². The fourth-order valence-electron chi connectivity index (χ4n) is 4.59. The Labute approximate surface area is 260 Å². The van der Waals surface area contributed by atoms with E-state index in [1.807, 2.05) is 0 Å². The quantitative estimate of drug-likeness (QED) is 0.0773. The van der Waals surface area contributed by atoms with E-state index >= 15 is 0 Å². The second kappa shape index (κ2) is 21.1. The van der Waals surface area contributed by atoms with Crippen LogP contribution in [-0.2, 0) is 33.6 Å². The van der Waals surface area contributed by atoms with Crippen LogP contribution in [0, 0.1) is 0 Å². The van der Waals surface area contributed by atoms with Crippen LogP contribution in [0.2, 0.25) is 0 Å². The molecule has 0 unspecified atom stereocenters. The molecule has 0 aromatic rings. The lowest BCUT2D eigenvalue weighted by atomic mass is 10.3. The number of amides is 1. The smallest absolute Gasteiger partial charge is 0.317 e. The summed E-state index contributed by atoms with van der Waals surface area (Å²) in [5, 5.41) is 48.3. The molecule has 0 radical (unpaired) electrons. The predicted octanol–water partition coefficient (Wildman–Crippen LogP) is -4.45. The molecule has 1 aliphatic rings. The number of carbonyl (C=O) groups excluding carboxylic acids is 2. The molecule has 19 nitrogen and oxygen atoms in total. The minimum Gasteiger partial charge on any atom is -0.480 e. The summed E-state index contributed by atoms with van der Waals surface area (Å²) in [4.78, 5) is 90.6. The average Bonchev–Trinajstić information content (AvgIpc) is 2.90. The second-order valence-corrected chi connectivity index (χ2v) is 10.8. The van der Waals surface area contributed by atoms with E-state index in [4.69, 9.17) is 10.2 Å². The number of rotatable bonds is 19. The van der Waals surface area contributed by atoms with E-state index in [0.29, 0.717) is 0 Å². The van der Waals surface area contributed by atoms with Gasteiger partial charge in [-0.1, -0.05) is 0 Å². The minimum atomic E-state index is -1.18. The molecule has 0 spiro atoms. The number of ketones is 1. The van der Waals surface area contributed by atoms with Crippen LogP contribution >= 0.6 is 0 Å². The van der Waals surface area contributed by atoms with Gasteiger partial charge in [-0.2, -0.15) is 0 Å². The summed E-state index contributed by atoms with van der Waals surface area (Å²) in [6.07, 6.45) is 0. The molecule has 0 atom stereocenters. The van der Waals surface area contributed by atoms with Gasteiger partial charge < -0.3 is 30.8 Å². The number of Topliss-reactive ketones (excluding diaryl/α,β-unsaturated/α-hetero) is 1. The first-order valence-corrected chi connectivity index (χ1v) is 14.3. The average molecular weight is 648 g/mol. The summed E-state index contributed by atoms with van der Waals surface area (Å²) < 4.78 is 0. The third-order valence-corrected chi connectivity index (χ3v) is 6.82. The zero-order chi connectivity index (χ0) is 33.9. The zero-order valence-corrected chi connectivity index (χ0v) is 25.5. The summed E-state index contributed by atoms with van der Waals surface area (Å²) in [6, 6.07) is 0. The number of carboxylic acid groups (broad SMARTS) is 5. The number of likely N-dealkylation sites (N-methyl/N-ethyl adjacent to an activating group) is 1. The number of aliphatic carboxylic acids is 5. The monoisotopic (exact) mass is 647 g/mol.